The lowest BCUT2D eigenvalue weighted by Crippen LogP contribution is -2.54. The average Bonchev–Trinajstić information content (AvgIpc) is 2.98. The van der Waals surface area contributed by atoms with Gasteiger partial charge in [-0.1, -0.05) is 12.8 Å². The van der Waals surface area contributed by atoms with Crippen molar-refractivity contribution >= 4 is 0 Å². The highest BCUT2D eigenvalue weighted by atomic mass is 16.5. The van der Waals surface area contributed by atoms with E-state index in [4.69, 9.17) is 10.5 Å². The molecule has 5 nitrogen and oxygen atoms in total. The Morgan fingerprint density at radius 1 is 1.38 bits per heavy atom. The fourth-order valence-corrected chi connectivity index (χ4v) is 3.78. The molecule has 5 heteroatoms. The first-order valence-corrected chi connectivity index (χ1v) is 8.32. The molecular weight excluding hydrogens is 264 g/mol. The summed E-state index contributed by atoms with van der Waals surface area (Å²) in [5.74, 6) is 0. The van der Waals surface area contributed by atoms with Crippen molar-refractivity contribution in [2.75, 3.05) is 19.7 Å². The van der Waals surface area contributed by atoms with Crippen LogP contribution in [0.3, 0.4) is 0 Å². The predicted octanol–water partition coefficient (Wildman–Crippen LogP) is 2.11. The number of ether oxygens (including phenoxy) is 1. The molecule has 1 aliphatic carbocycles. The van der Waals surface area contributed by atoms with E-state index in [0.717, 1.165) is 13.2 Å². The zero-order chi connectivity index (χ0) is 14.8. The molecule has 0 radical (unpaired) electrons. The van der Waals surface area contributed by atoms with Crippen molar-refractivity contribution in [3.8, 4) is 0 Å². The molecule has 2 N–H and O–H groups in total. The molecule has 0 spiro atoms. The Bertz CT molecular complexity index is 457. The third-order valence-corrected chi connectivity index (χ3v) is 4.93. The van der Waals surface area contributed by atoms with Gasteiger partial charge in [0.2, 0.25) is 0 Å². The summed E-state index contributed by atoms with van der Waals surface area (Å²) >= 11 is 0. The van der Waals surface area contributed by atoms with Crippen LogP contribution in [0.2, 0.25) is 0 Å². The second-order valence-electron chi connectivity index (χ2n) is 6.60. The Hall–Kier alpha value is -0.910. The quantitative estimate of drug-likeness (QED) is 0.923. The lowest BCUT2D eigenvalue weighted by atomic mass is 9.88. The van der Waals surface area contributed by atoms with Gasteiger partial charge in [0, 0.05) is 36.9 Å². The summed E-state index contributed by atoms with van der Waals surface area (Å²) in [6.45, 7) is 6.76. The lowest BCUT2D eigenvalue weighted by Gasteiger charge is -2.47. The number of fused-ring (bicyclic) bond motifs is 1. The van der Waals surface area contributed by atoms with E-state index in [0.29, 0.717) is 24.7 Å². The molecule has 2 fully saturated rings. The number of nitrogens with two attached hydrogens (primary N) is 1. The van der Waals surface area contributed by atoms with E-state index < -0.39 is 0 Å². The van der Waals surface area contributed by atoms with Crippen LogP contribution in [0, 0.1) is 0 Å². The van der Waals surface area contributed by atoms with Crippen LogP contribution in [-0.2, 0) is 4.74 Å². The smallest absolute Gasteiger partial charge is 0.0731 e. The topological polar surface area (TPSA) is 56.3 Å². The number of hydrogen-bond acceptors (Lipinski definition) is 4. The maximum absolute atomic E-state index is 6.12. The average molecular weight is 292 g/mol. The minimum Gasteiger partial charge on any atom is -0.375 e. The summed E-state index contributed by atoms with van der Waals surface area (Å²) < 4.78 is 8.01. The summed E-state index contributed by atoms with van der Waals surface area (Å²) in [6.07, 6.45) is 9.60. The second kappa shape index (κ2) is 6.46. The van der Waals surface area contributed by atoms with Gasteiger partial charge in [0.05, 0.1) is 24.9 Å². The maximum atomic E-state index is 6.12. The van der Waals surface area contributed by atoms with Gasteiger partial charge in [-0.2, -0.15) is 5.10 Å². The van der Waals surface area contributed by atoms with Crippen molar-refractivity contribution in [2.24, 2.45) is 5.73 Å². The first kappa shape index (κ1) is 15.0. The molecular formula is C16H28N4O. The van der Waals surface area contributed by atoms with E-state index in [-0.39, 0.29) is 6.04 Å². The zero-order valence-electron chi connectivity index (χ0n) is 13.2. The molecule has 3 atom stereocenters. The molecule has 1 aliphatic heterocycles. The molecule has 0 bridgehead atoms. The van der Waals surface area contributed by atoms with Crippen molar-refractivity contribution in [2.45, 2.75) is 63.8 Å². The highest BCUT2D eigenvalue weighted by Crippen LogP contribution is 2.33. The van der Waals surface area contributed by atoms with Crippen LogP contribution in [0.1, 0.15) is 57.2 Å². The SMILES string of the molecule is CC(C)n1cc(C(CN)N2CCOC3CCCCC32)cn1. The van der Waals surface area contributed by atoms with Crippen molar-refractivity contribution in [3.05, 3.63) is 18.0 Å². The van der Waals surface area contributed by atoms with E-state index >= 15 is 0 Å². The molecule has 0 aromatic carbocycles. The predicted molar refractivity (Wildman–Crippen MR) is 83.1 cm³/mol. The summed E-state index contributed by atoms with van der Waals surface area (Å²) in [4.78, 5) is 2.58. The van der Waals surface area contributed by atoms with E-state index in [9.17, 15) is 0 Å². The van der Waals surface area contributed by atoms with Crippen LogP contribution >= 0.6 is 0 Å². The monoisotopic (exact) mass is 292 g/mol. The Morgan fingerprint density at radius 2 is 2.19 bits per heavy atom. The third-order valence-electron chi connectivity index (χ3n) is 4.93. The first-order valence-electron chi connectivity index (χ1n) is 8.32. The zero-order valence-corrected chi connectivity index (χ0v) is 13.2. The van der Waals surface area contributed by atoms with Gasteiger partial charge < -0.3 is 10.5 Å². The summed E-state index contributed by atoms with van der Waals surface area (Å²) in [5.41, 5.74) is 7.37. The molecule has 21 heavy (non-hydrogen) atoms. The van der Waals surface area contributed by atoms with Crippen LogP contribution in [0.15, 0.2) is 12.4 Å². The first-order chi connectivity index (χ1) is 10.2. The van der Waals surface area contributed by atoms with Crippen LogP contribution in [0.25, 0.3) is 0 Å². The van der Waals surface area contributed by atoms with Gasteiger partial charge in [0.1, 0.15) is 0 Å². The fourth-order valence-electron chi connectivity index (χ4n) is 3.78. The molecule has 0 amide bonds. The number of rotatable bonds is 4. The summed E-state index contributed by atoms with van der Waals surface area (Å²) in [7, 11) is 0. The molecule has 1 saturated heterocycles. The number of morpholine rings is 1. The van der Waals surface area contributed by atoms with Gasteiger partial charge in [0.25, 0.3) is 0 Å². The van der Waals surface area contributed by atoms with Crippen LogP contribution in [0.5, 0.6) is 0 Å². The van der Waals surface area contributed by atoms with Crippen LogP contribution < -0.4 is 5.73 Å². The standard InChI is InChI=1S/C16H28N4O/c1-12(2)20-11-13(10-18-20)15(9-17)19-7-8-21-16-6-4-3-5-14(16)19/h10-12,14-16H,3-9,17H2,1-2H3. The molecule has 2 aliphatic rings. The molecule has 1 saturated carbocycles. The van der Waals surface area contributed by atoms with Gasteiger partial charge in [-0.25, -0.2) is 0 Å². The minimum atomic E-state index is 0.270. The minimum absolute atomic E-state index is 0.270. The number of hydrogen-bond donors (Lipinski definition) is 1. The van der Waals surface area contributed by atoms with Crippen molar-refractivity contribution in [3.63, 3.8) is 0 Å². The van der Waals surface area contributed by atoms with Crippen molar-refractivity contribution in [1.29, 1.82) is 0 Å². The van der Waals surface area contributed by atoms with Crippen LogP contribution in [-0.4, -0.2) is 46.5 Å². The van der Waals surface area contributed by atoms with Gasteiger partial charge in [-0.05, 0) is 26.7 Å². The molecule has 118 valence electrons. The fraction of sp³-hybridized carbons (Fsp3) is 0.812. The normalized spacial score (nSPS) is 28.6. The number of aromatic nitrogens is 2. The highest BCUT2D eigenvalue weighted by molar-refractivity contribution is 5.13. The van der Waals surface area contributed by atoms with Crippen LogP contribution in [0.4, 0.5) is 0 Å². The third kappa shape index (κ3) is 3.00. The molecule has 3 rings (SSSR count). The van der Waals surface area contributed by atoms with E-state index in [2.05, 4.69) is 30.0 Å². The summed E-state index contributed by atoms with van der Waals surface area (Å²) in [6, 6.07) is 1.19. The molecule has 3 unspecified atom stereocenters. The van der Waals surface area contributed by atoms with Gasteiger partial charge in [0.15, 0.2) is 0 Å². The van der Waals surface area contributed by atoms with E-state index in [1.54, 1.807) is 0 Å². The Morgan fingerprint density at radius 3 is 2.90 bits per heavy atom. The van der Waals surface area contributed by atoms with Gasteiger partial charge in [-0.3, -0.25) is 9.58 Å². The Labute approximate surface area is 127 Å². The molecule has 1 aromatic heterocycles. The van der Waals surface area contributed by atoms with Crippen molar-refractivity contribution in [1.82, 2.24) is 14.7 Å². The van der Waals surface area contributed by atoms with E-state index in [1.807, 2.05) is 10.9 Å². The highest BCUT2D eigenvalue weighted by Gasteiger charge is 2.37. The Balaban J connectivity index is 1.80. The van der Waals surface area contributed by atoms with Crippen molar-refractivity contribution < 1.29 is 4.74 Å². The lowest BCUT2D eigenvalue weighted by molar-refractivity contribution is -0.102. The number of nitrogens with zero attached hydrogens (tertiary/aromatic N) is 3. The maximum Gasteiger partial charge on any atom is 0.0731 e. The van der Waals surface area contributed by atoms with Gasteiger partial charge in [-0.15, -0.1) is 0 Å². The van der Waals surface area contributed by atoms with E-state index in [1.165, 1.54) is 31.2 Å². The molecule has 2 heterocycles. The second-order valence-corrected chi connectivity index (χ2v) is 6.60. The molecule has 1 aromatic rings. The van der Waals surface area contributed by atoms with Gasteiger partial charge >= 0.3 is 0 Å². The summed E-state index contributed by atoms with van der Waals surface area (Å²) in [5, 5.41) is 4.49. The largest absolute Gasteiger partial charge is 0.375 e. The Kier molecular flexibility index (Phi) is 4.62.